The molecule has 8 heteroatoms. The molecule has 0 aliphatic carbocycles. The summed E-state index contributed by atoms with van der Waals surface area (Å²) in [6.45, 7) is 4.19. The highest BCUT2D eigenvalue weighted by Gasteiger charge is 2.09. The average Bonchev–Trinajstić information content (AvgIpc) is 2.71. The van der Waals surface area contributed by atoms with Gasteiger partial charge in [-0.3, -0.25) is 9.59 Å². The first-order chi connectivity index (χ1) is 13.9. The van der Waals surface area contributed by atoms with Crippen molar-refractivity contribution in [1.82, 2.24) is 10.6 Å². The van der Waals surface area contributed by atoms with Gasteiger partial charge in [-0.2, -0.15) is 5.26 Å². The van der Waals surface area contributed by atoms with Gasteiger partial charge in [-0.15, -0.1) is 0 Å². The Hall–Kier alpha value is -3.86. The number of anilines is 2. The van der Waals surface area contributed by atoms with Crippen LogP contribution in [0.1, 0.15) is 29.8 Å². The SMILES string of the molecule is CC(C)C(=O)NCCNC(=O)Nc1cccc(C(=O)Nc2cccc(C#N)c2)c1. The molecule has 2 aromatic carbocycles. The van der Waals surface area contributed by atoms with Crippen LogP contribution in [0, 0.1) is 17.2 Å². The molecule has 2 aromatic rings. The van der Waals surface area contributed by atoms with E-state index in [1.807, 2.05) is 6.07 Å². The summed E-state index contributed by atoms with van der Waals surface area (Å²) in [6, 6.07) is 14.6. The summed E-state index contributed by atoms with van der Waals surface area (Å²) in [5, 5.41) is 19.6. The van der Waals surface area contributed by atoms with Crippen LogP contribution in [-0.4, -0.2) is 30.9 Å². The highest BCUT2D eigenvalue weighted by atomic mass is 16.2. The van der Waals surface area contributed by atoms with Crippen LogP contribution in [0.15, 0.2) is 48.5 Å². The van der Waals surface area contributed by atoms with E-state index in [0.717, 1.165) is 0 Å². The second-order valence-corrected chi connectivity index (χ2v) is 6.55. The number of carbonyl (C=O) groups is 3. The lowest BCUT2D eigenvalue weighted by Crippen LogP contribution is -2.38. The van der Waals surface area contributed by atoms with Gasteiger partial charge in [-0.25, -0.2) is 4.79 Å². The molecular formula is C21H23N5O3. The largest absolute Gasteiger partial charge is 0.354 e. The third-order valence-electron chi connectivity index (χ3n) is 3.87. The fraction of sp³-hybridized carbons (Fsp3) is 0.238. The predicted octanol–water partition coefficient (Wildman–Crippen LogP) is 2.70. The van der Waals surface area contributed by atoms with Crippen molar-refractivity contribution >= 4 is 29.2 Å². The molecule has 0 aliphatic heterocycles. The first kappa shape index (κ1) is 21.4. The van der Waals surface area contributed by atoms with E-state index in [4.69, 9.17) is 5.26 Å². The number of hydrogen-bond acceptors (Lipinski definition) is 4. The Morgan fingerprint density at radius 1 is 0.931 bits per heavy atom. The number of nitrogens with zero attached hydrogens (tertiary/aromatic N) is 1. The molecule has 4 N–H and O–H groups in total. The Labute approximate surface area is 169 Å². The van der Waals surface area contributed by atoms with Gasteiger partial charge < -0.3 is 21.3 Å². The molecule has 29 heavy (non-hydrogen) atoms. The molecule has 0 heterocycles. The van der Waals surface area contributed by atoms with Crippen LogP contribution in [0.5, 0.6) is 0 Å². The lowest BCUT2D eigenvalue weighted by molar-refractivity contribution is -0.123. The summed E-state index contributed by atoms with van der Waals surface area (Å²) in [7, 11) is 0. The van der Waals surface area contributed by atoms with Gasteiger partial charge in [0.05, 0.1) is 11.6 Å². The summed E-state index contributed by atoms with van der Waals surface area (Å²) in [5.74, 6) is -0.549. The molecule has 0 saturated carbocycles. The third kappa shape index (κ3) is 6.99. The smallest absolute Gasteiger partial charge is 0.319 e. The maximum atomic E-state index is 12.4. The van der Waals surface area contributed by atoms with E-state index >= 15 is 0 Å². The Balaban J connectivity index is 1.88. The van der Waals surface area contributed by atoms with Crippen molar-refractivity contribution in [3.63, 3.8) is 0 Å². The summed E-state index contributed by atoms with van der Waals surface area (Å²) in [4.78, 5) is 35.8. The Morgan fingerprint density at radius 3 is 2.28 bits per heavy atom. The van der Waals surface area contributed by atoms with Crippen LogP contribution in [-0.2, 0) is 4.79 Å². The van der Waals surface area contributed by atoms with Crippen LogP contribution in [0.25, 0.3) is 0 Å². The molecule has 0 fully saturated rings. The van der Waals surface area contributed by atoms with E-state index in [1.165, 1.54) is 0 Å². The van der Waals surface area contributed by atoms with Gasteiger partial charge in [0.25, 0.3) is 5.91 Å². The molecule has 0 spiro atoms. The molecule has 2 rings (SSSR count). The standard InChI is InChI=1S/C21H23N5O3/c1-14(2)19(27)23-9-10-24-21(29)26-18-8-4-6-16(12-18)20(28)25-17-7-3-5-15(11-17)13-22/h3-8,11-12,14H,9-10H2,1-2H3,(H,23,27)(H,25,28)(H2,24,26,29). The molecule has 0 aliphatic rings. The van der Waals surface area contributed by atoms with E-state index in [1.54, 1.807) is 62.4 Å². The number of hydrogen-bond donors (Lipinski definition) is 4. The van der Waals surface area contributed by atoms with E-state index in [9.17, 15) is 14.4 Å². The number of benzene rings is 2. The van der Waals surface area contributed by atoms with Gasteiger partial charge in [0.1, 0.15) is 0 Å². The van der Waals surface area contributed by atoms with Crippen molar-refractivity contribution < 1.29 is 14.4 Å². The van der Waals surface area contributed by atoms with Crippen LogP contribution < -0.4 is 21.3 Å². The van der Waals surface area contributed by atoms with Crippen molar-refractivity contribution in [2.24, 2.45) is 5.92 Å². The minimum atomic E-state index is -0.442. The van der Waals surface area contributed by atoms with Crippen LogP contribution in [0.3, 0.4) is 0 Å². The van der Waals surface area contributed by atoms with Crippen LogP contribution in [0.2, 0.25) is 0 Å². The van der Waals surface area contributed by atoms with Crippen molar-refractivity contribution in [2.45, 2.75) is 13.8 Å². The molecule has 0 bridgehead atoms. The number of nitriles is 1. The molecule has 0 unspecified atom stereocenters. The number of amides is 4. The van der Waals surface area contributed by atoms with Gasteiger partial charge in [0.2, 0.25) is 5.91 Å². The molecule has 8 nitrogen and oxygen atoms in total. The van der Waals surface area contributed by atoms with E-state index in [-0.39, 0.29) is 24.3 Å². The Kier molecular flexibility index (Phi) is 7.74. The predicted molar refractivity (Wildman–Crippen MR) is 110 cm³/mol. The fourth-order valence-electron chi connectivity index (χ4n) is 2.35. The highest BCUT2D eigenvalue weighted by molar-refractivity contribution is 6.05. The van der Waals surface area contributed by atoms with Crippen LogP contribution >= 0.6 is 0 Å². The lowest BCUT2D eigenvalue weighted by atomic mass is 10.1. The zero-order valence-corrected chi connectivity index (χ0v) is 16.3. The van der Waals surface area contributed by atoms with E-state index in [0.29, 0.717) is 29.0 Å². The lowest BCUT2D eigenvalue weighted by Gasteiger charge is -2.11. The van der Waals surface area contributed by atoms with Crippen molar-refractivity contribution in [1.29, 1.82) is 5.26 Å². The minimum absolute atomic E-state index is 0.0776. The molecule has 4 amide bonds. The number of urea groups is 1. The summed E-state index contributed by atoms with van der Waals surface area (Å²) < 4.78 is 0. The van der Waals surface area contributed by atoms with Gasteiger partial charge in [-0.05, 0) is 36.4 Å². The maximum absolute atomic E-state index is 12.4. The van der Waals surface area contributed by atoms with Gasteiger partial charge in [0.15, 0.2) is 0 Å². The van der Waals surface area contributed by atoms with E-state index in [2.05, 4.69) is 21.3 Å². The first-order valence-corrected chi connectivity index (χ1v) is 9.13. The highest BCUT2D eigenvalue weighted by Crippen LogP contribution is 2.14. The van der Waals surface area contributed by atoms with Gasteiger partial charge in [-0.1, -0.05) is 26.0 Å². The molecule has 150 valence electrons. The normalized spacial score (nSPS) is 10.0. The minimum Gasteiger partial charge on any atom is -0.354 e. The Morgan fingerprint density at radius 2 is 1.59 bits per heavy atom. The summed E-state index contributed by atoms with van der Waals surface area (Å²) in [6.07, 6.45) is 0. The Bertz CT molecular complexity index is 934. The first-order valence-electron chi connectivity index (χ1n) is 9.13. The maximum Gasteiger partial charge on any atom is 0.319 e. The fourth-order valence-corrected chi connectivity index (χ4v) is 2.35. The second kappa shape index (κ2) is 10.5. The quantitative estimate of drug-likeness (QED) is 0.540. The monoisotopic (exact) mass is 393 g/mol. The van der Waals surface area contributed by atoms with Crippen LogP contribution in [0.4, 0.5) is 16.2 Å². The van der Waals surface area contributed by atoms with Gasteiger partial charge >= 0.3 is 6.03 Å². The van der Waals surface area contributed by atoms with Crippen molar-refractivity contribution in [3.8, 4) is 6.07 Å². The average molecular weight is 393 g/mol. The number of nitrogens with one attached hydrogen (secondary N) is 4. The van der Waals surface area contributed by atoms with Crippen molar-refractivity contribution in [2.75, 3.05) is 23.7 Å². The molecular weight excluding hydrogens is 370 g/mol. The number of carbonyl (C=O) groups excluding carboxylic acids is 3. The molecule has 0 saturated heterocycles. The molecule has 0 radical (unpaired) electrons. The number of rotatable bonds is 7. The van der Waals surface area contributed by atoms with Crippen molar-refractivity contribution in [3.05, 3.63) is 59.7 Å². The zero-order valence-electron chi connectivity index (χ0n) is 16.3. The second-order valence-electron chi connectivity index (χ2n) is 6.55. The summed E-state index contributed by atoms with van der Waals surface area (Å²) >= 11 is 0. The molecule has 0 aromatic heterocycles. The third-order valence-corrected chi connectivity index (χ3v) is 3.87. The van der Waals surface area contributed by atoms with E-state index < -0.39 is 6.03 Å². The topological polar surface area (TPSA) is 123 Å². The van der Waals surface area contributed by atoms with Gasteiger partial charge in [0, 0.05) is 35.9 Å². The summed E-state index contributed by atoms with van der Waals surface area (Å²) in [5.41, 5.74) is 1.76. The zero-order chi connectivity index (χ0) is 21.2. The molecule has 0 atom stereocenters.